The fraction of sp³-hybridized carbons (Fsp3) is 0.409. The summed E-state index contributed by atoms with van der Waals surface area (Å²) in [6, 6.07) is 18.8. The second-order valence-corrected chi connectivity index (χ2v) is 8.12. The topological polar surface area (TPSA) is 29.1 Å². The van der Waals surface area contributed by atoms with Crippen LogP contribution in [-0.2, 0) is 16.8 Å². The van der Waals surface area contributed by atoms with Gasteiger partial charge in [0, 0.05) is 35.4 Å². The van der Waals surface area contributed by atoms with E-state index in [2.05, 4.69) is 48.6 Å². The minimum atomic E-state index is -0.0316. The molecule has 3 aliphatic rings. The molecule has 2 bridgehead atoms. The minimum absolute atomic E-state index is 0.0316. The number of fused-ring (bicyclic) bond motifs is 3. The maximum Gasteiger partial charge on any atom is 0.137 e. The number of hydrogen-bond acceptors (Lipinski definition) is 2. The lowest BCUT2D eigenvalue weighted by atomic mass is 9.51. The van der Waals surface area contributed by atoms with E-state index in [1.165, 1.54) is 11.1 Å². The molecule has 0 aromatic heterocycles. The van der Waals surface area contributed by atoms with Gasteiger partial charge in [-0.1, -0.05) is 61.0 Å². The molecule has 2 nitrogen and oxygen atoms in total. The van der Waals surface area contributed by atoms with Gasteiger partial charge < -0.3 is 5.32 Å². The van der Waals surface area contributed by atoms with E-state index >= 15 is 0 Å². The summed E-state index contributed by atoms with van der Waals surface area (Å²) in [7, 11) is 0. The molecule has 5 rings (SSSR count). The fourth-order valence-electron chi connectivity index (χ4n) is 4.98. The first-order valence-electron chi connectivity index (χ1n) is 9.15. The van der Waals surface area contributed by atoms with Crippen LogP contribution in [0.2, 0.25) is 5.02 Å². The number of carbonyl (C=O) groups excluding carboxylic acids is 1. The molecule has 0 aliphatic heterocycles. The summed E-state index contributed by atoms with van der Waals surface area (Å²) in [5.74, 6) is 0.960. The van der Waals surface area contributed by atoms with Gasteiger partial charge in [-0.15, -0.1) is 0 Å². The second-order valence-electron chi connectivity index (χ2n) is 7.68. The Bertz CT molecular complexity index is 757. The van der Waals surface area contributed by atoms with Gasteiger partial charge in [0.15, 0.2) is 0 Å². The van der Waals surface area contributed by atoms with E-state index in [9.17, 15) is 4.79 Å². The molecule has 130 valence electrons. The molecule has 4 atom stereocenters. The first kappa shape index (κ1) is 16.8. The highest BCUT2D eigenvalue weighted by Crippen LogP contribution is 2.52. The molecule has 0 heterocycles. The summed E-state index contributed by atoms with van der Waals surface area (Å²) in [4.78, 5) is 12.6. The van der Waals surface area contributed by atoms with E-state index in [1.54, 1.807) is 0 Å². The number of nitrogens with one attached hydrogen (secondary N) is 1. The van der Waals surface area contributed by atoms with Crippen molar-refractivity contribution in [3.05, 3.63) is 70.7 Å². The van der Waals surface area contributed by atoms with Gasteiger partial charge in [-0.3, -0.25) is 4.79 Å². The number of halogens is 1. The zero-order chi connectivity index (χ0) is 17.4. The Morgan fingerprint density at radius 2 is 1.80 bits per heavy atom. The largest absolute Gasteiger partial charge is 0.308 e. The summed E-state index contributed by atoms with van der Waals surface area (Å²) in [5.41, 5.74) is 2.52. The highest BCUT2D eigenvalue weighted by Gasteiger charge is 2.55. The van der Waals surface area contributed by atoms with E-state index < -0.39 is 0 Å². The molecule has 0 unspecified atom stereocenters. The third-order valence-electron chi connectivity index (χ3n) is 6.42. The van der Waals surface area contributed by atoms with Crippen molar-refractivity contribution in [2.24, 2.45) is 11.8 Å². The van der Waals surface area contributed by atoms with Crippen molar-refractivity contribution >= 4 is 17.4 Å². The Hall–Kier alpha value is -1.64. The number of benzene rings is 2. The van der Waals surface area contributed by atoms with Crippen LogP contribution in [0.5, 0.6) is 0 Å². The number of rotatable bonds is 4. The SMILES string of the molecule is C[C@]1(c2ccc(Cl)cc2)[C@H]2CC[C@H](C(=O)C2)[C@@H]1NCc1ccccc1. The van der Waals surface area contributed by atoms with Crippen molar-refractivity contribution in [1.29, 1.82) is 0 Å². The molecule has 3 heteroatoms. The number of hydrogen-bond donors (Lipinski definition) is 1. The van der Waals surface area contributed by atoms with Crippen LogP contribution in [-0.4, -0.2) is 11.8 Å². The van der Waals surface area contributed by atoms with Crippen molar-refractivity contribution in [2.45, 2.75) is 44.2 Å². The van der Waals surface area contributed by atoms with E-state index in [-0.39, 0.29) is 17.4 Å². The van der Waals surface area contributed by atoms with Gasteiger partial charge in [-0.25, -0.2) is 0 Å². The van der Waals surface area contributed by atoms with E-state index in [0.29, 0.717) is 18.1 Å². The molecule has 1 N–H and O–H groups in total. The van der Waals surface area contributed by atoms with Crippen LogP contribution in [0.25, 0.3) is 0 Å². The van der Waals surface area contributed by atoms with Crippen LogP contribution in [0.1, 0.15) is 37.3 Å². The Kier molecular flexibility index (Phi) is 4.43. The second kappa shape index (κ2) is 6.59. The average molecular weight is 354 g/mol. The third-order valence-corrected chi connectivity index (χ3v) is 6.67. The van der Waals surface area contributed by atoms with Crippen molar-refractivity contribution in [2.75, 3.05) is 0 Å². The van der Waals surface area contributed by atoms with Gasteiger partial charge in [0.25, 0.3) is 0 Å². The standard InChI is InChI=1S/C22H24ClNO/c1-22(16-7-10-18(23)11-8-16)17-9-12-19(20(25)13-17)21(22)24-14-15-5-3-2-4-6-15/h2-8,10-11,17,19,21,24H,9,12-14H2,1H3/t17-,19+,21-,22-/m0/s1. The molecule has 25 heavy (non-hydrogen) atoms. The summed E-state index contributed by atoms with van der Waals surface area (Å²) in [6.07, 6.45) is 2.87. The normalized spacial score (nSPS) is 31.3. The molecule has 2 aromatic carbocycles. The van der Waals surface area contributed by atoms with Gasteiger partial charge in [0.05, 0.1) is 0 Å². The molecular weight excluding hydrogens is 330 g/mol. The zero-order valence-electron chi connectivity index (χ0n) is 14.5. The quantitative estimate of drug-likeness (QED) is 0.859. The smallest absolute Gasteiger partial charge is 0.137 e. The van der Waals surface area contributed by atoms with Gasteiger partial charge in [-0.05, 0) is 42.0 Å². The number of ketones is 1. The van der Waals surface area contributed by atoms with Gasteiger partial charge in [-0.2, -0.15) is 0 Å². The fourth-order valence-corrected chi connectivity index (χ4v) is 5.10. The minimum Gasteiger partial charge on any atom is -0.308 e. The maximum absolute atomic E-state index is 12.6. The molecule has 0 saturated heterocycles. The van der Waals surface area contributed by atoms with Gasteiger partial charge in [0.2, 0.25) is 0 Å². The lowest BCUT2D eigenvalue weighted by Gasteiger charge is -2.55. The molecule has 3 aliphatic carbocycles. The molecule has 0 radical (unpaired) electrons. The Labute approximate surface area is 154 Å². The molecule has 2 aromatic rings. The maximum atomic E-state index is 12.6. The first-order chi connectivity index (χ1) is 12.1. The Morgan fingerprint density at radius 1 is 1.08 bits per heavy atom. The number of carbonyl (C=O) groups is 1. The average Bonchev–Trinajstić information content (AvgIpc) is 2.63. The van der Waals surface area contributed by atoms with Crippen molar-refractivity contribution in [1.82, 2.24) is 5.32 Å². The first-order valence-corrected chi connectivity index (χ1v) is 9.53. The van der Waals surface area contributed by atoms with Gasteiger partial charge in [0.1, 0.15) is 5.78 Å². The molecule has 3 saturated carbocycles. The third kappa shape index (κ3) is 2.92. The summed E-state index contributed by atoms with van der Waals surface area (Å²) >= 11 is 6.11. The summed E-state index contributed by atoms with van der Waals surface area (Å²) in [6.45, 7) is 3.13. The van der Waals surface area contributed by atoms with E-state index in [0.717, 1.165) is 24.4 Å². The van der Waals surface area contributed by atoms with Gasteiger partial charge >= 0.3 is 0 Å². The van der Waals surface area contributed by atoms with Crippen LogP contribution >= 0.6 is 11.6 Å². The summed E-state index contributed by atoms with van der Waals surface area (Å²) in [5, 5.41) is 4.51. The van der Waals surface area contributed by atoms with Crippen LogP contribution in [0.15, 0.2) is 54.6 Å². The predicted octanol–water partition coefficient (Wildman–Crippen LogP) is 4.76. The highest BCUT2D eigenvalue weighted by molar-refractivity contribution is 6.30. The van der Waals surface area contributed by atoms with Crippen LogP contribution in [0.3, 0.4) is 0 Å². The zero-order valence-corrected chi connectivity index (χ0v) is 15.3. The van der Waals surface area contributed by atoms with Crippen molar-refractivity contribution < 1.29 is 4.79 Å². The highest BCUT2D eigenvalue weighted by atomic mass is 35.5. The van der Waals surface area contributed by atoms with Crippen LogP contribution in [0, 0.1) is 11.8 Å². The van der Waals surface area contributed by atoms with Crippen LogP contribution < -0.4 is 5.32 Å². The van der Waals surface area contributed by atoms with E-state index in [1.807, 2.05) is 18.2 Å². The Balaban J connectivity index is 1.67. The predicted molar refractivity (Wildman–Crippen MR) is 102 cm³/mol. The lowest BCUT2D eigenvalue weighted by Crippen LogP contribution is -2.63. The lowest BCUT2D eigenvalue weighted by molar-refractivity contribution is -0.135. The van der Waals surface area contributed by atoms with Crippen LogP contribution in [0.4, 0.5) is 0 Å². The van der Waals surface area contributed by atoms with Crippen molar-refractivity contribution in [3.8, 4) is 0 Å². The molecular formula is C22H24ClNO. The number of Topliss-reactive ketones (excluding diaryl/α,β-unsaturated/α-hetero) is 1. The van der Waals surface area contributed by atoms with Crippen molar-refractivity contribution in [3.63, 3.8) is 0 Å². The monoisotopic (exact) mass is 353 g/mol. The van der Waals surface area contributed by atoms with E-state index in [4.69, 9.17) is 11.6 Å². The summed E-state index contributed by atoms with van der Waals surface area (Å²) < 4.78 is 0. The Morgan fingerprint density at radius 3 is 2.48 bits per heavy atom. The molecule has 0 spiro atoms. The molecule has 3 fully saturated rings. The molecule has 0 amide bonds.